The number of hydrogen-bond donors (Lipinski definition) is 2. The third kappa shape index (κ3) is 6.29. The highest BCUT2D eigenvalue weighted by Gasteiger charge is 2.12. The minimum Gasteiger partial charge on any atom is -0.385 e. The van der Waals surface area contributed by atoms with Crippen LogP contribution in [0, 0.1) is 6.92 Å². The van der Waals surface area contributed by atoms with Crippen LogP contribution >= 0.6 is 12.2 Å². The zero-order chi connectivity index (χ0) is 18.1. The second kappa shape index (κ2) is 9.91. The number of ether oxygens (including phenoxy) is 1. The molecular weight excluding hydrogens is 332 g/mol. The molecule has 0 atom stereocenters. The van der Waals surface area contributed by atoms with E-state index in [0.717, 1.165) is 37.1 Å². The average Bonchev–Trinajstić information content (AvgIpc) is 2.61. The van der Waals surface area contributed by atoms with Crippen LogP contribution in [0.2, 0.25) is 0 Å². The van der Waals surface area contributed by atoms with Crippen molar-refractivity contribution in [3.63, 3.8) is 0 Å². The Morgan fingerprint density at radius 3 is 2.52 bits per heavy atom. The van der Waals surface area contributed by atoms with Crippen LogP contribution in [0.15, 0.2) is 48.5 Å². The molecule has 0 heterocycles. The van der Waals surface area contributed by atoms with Crippen molar-refractivity contribution >= 4 is 28.9 Å². The number of benzene rings is 2. The van der Waals surface area contributed by atoms with E-state index in [9.17, 15) is 4.79 Å². The molecule has 132 valence electrons. The number of amides is 1. The third-order valence-corrected chi connectivity index (χ3v) is 4.05. The van der Waals surface area contributed by atoms with Crippen molar-refractivity contribution in [2.75, 3.05) is 19.0 Å². The number of nitrogens with one attached hydrogen (secondary N) is 2. The van der Waals surface area contributed by atoms with Crippen molar-refractivity contribution in [2.24, 2.45) is 0 Å². The first kappa shape index (κ1) is 19.1. The van der Waals surface area contributed by atoms with Crippen molar-refractivity contribution in [3.8, 4) is 0 Å². The molecule has 0 aliphatic carbocycles. The Balaban J connectivity index is 1.95. The van der Waals surface area contributed by atoms with Gasteiger partial charge in [0.2, 0.25) is 0 Å². The number of anilines is 1. The van der Waals surface area contributed by atoms with Crippen LogP contribution in [-0.2, 0) is 11.2 Å². The Bertz CT molecular complexity index is 714. The lowest BCUT2D eigenvalue weighted by Gasteiger charge is -2.12. The van der Waals surface area contributed by atoms with Gasteiger partial charge in [-0.1, -0.05) is 35.9 Å². The van der Waals surface area contributed by atoms with E-state index in [-0.39, 0.29) is 5.91 Å². The second-order valence-corrected chi connectivity index (χ2v) is 6.29. The maximum absolute atomic E-state index is 12.5. The first-order valence-corrected chi connectivity index (χ1v) is 8.77. The molecule has 2 N–H and O–H groups in total. The second-order valence-electron chi connectivity index (χ2n) is 5.88. The van der Waals surface area contributed by atoms with E-state index >= 15 is 0 Å². The molecule has 2 aromatic rings. The van der Waals surface area contributed by atoms with Gasteiger partial charge in [-0.3, -0.25) is 10.1 Å². The molecule has 0 aliphatic heterocycles. The first-order chi connectivity index (χ1) is 12.1. The first-order valence-electron chi connectivity index (χ1n) is 8.36. The molecule has 25 heavy (non-hydrogen) atoms. The standard InChI is InChI=1S/C20H24N2O2S/c1-15-10-12-17(13-11-15)21-20(25)22-19(23)18-9-4-3-7-16(18)8-5-6-14-24-2/h3-4,7,9-13H,5-6,8,14H2,1-2H3,(H2,21,22,23,25). The number of carbonyl (C=O) groups is 1. The third-order valence-electron chi connectivity index (χ3n) is 3.84. The largest absolute Gasteiger partial charge is 0.385 e. The van der Waals surface area contributed by atoms with E-state index < -0.39 is 0 Å². The number of unbranched alkanes of at least 4 members (excludes halogenated alkanes) is 1. The highest BCUT2D eigenvalue weighted by atomic mass is 32.1. The van der Waals surface area contributed by atoms with Gasteiger partial charge in [-0.2, -0.15) is 0 Å². The molecule has 0 aromatic heterocycles. The van der Waals surface area contributed by atoms with Gasteiger partial charge in [-0.25, -0.2) is 0 Å². The molecule has 4 nitrogen and oxygen atoms in total. The van der Waals surface area contributed by atoms with E-state index in [1.807, 2.05) is 55.5 Å². The van der Waals surface area contributed by atoms with Gasteiger partial charge in [0.05, 0.1) is 0 Å². The lowest BCUT2D eigenvalue weighted by molar-refractivity contribution is 0.0977. The Hall–Kier alpha value is -2.24. The van der Waals surface area contributed by atoms with Crippen molar-refractivity contribution < 1.29 is 9.53 Å². The Kier molecular flexibility index (Phi) is 7.57. The summed E-state index contributed by atoms with van der Waals surface area (Å²) in [5.41, 5.74) is 3.70. The number of hydrogen-bond acceptors (Lipinski definition) is 3. The fourth-order valence-corrected chi connectivity index (χ4v) is 2.70. The topological polar surface area (TPSA) is 50.4 Å². The lowest BCUT2D eigenvalue weighted by atomic mass is 10.0. The SMILES string of the molecule is COCCCCc1ccccc1C(=O)NC(=S)Nc1ccc(C)cc1. The van der Waals surface area contributed by atoms with Gasteiger partial charge in [0.25, 0.3) is 5.91 Å². The van der Waals surface area contributed by atoms with Crippen molar-refractivity contribution in [1.29, 1.82) is 0 Å². The Morgan fingerprint density at radius 2 is 1.80 bits per heavy atom. The smallest absolute Gasteiger partial charge is 0.257 e. The van der Waals surface area contributed by atoms with Crippen LogP contribution in [0.4, 0.5) is 5.69 Å². The molecule has 0 saturated carbocycles. The Labute approximate surface area is 154 Å². The molecular formula is C20H24N2O2S. The van der Waals surface area contributed by atoms with E-state index in [4.69, 9.17) is 17.0 Å². The van der Waals surface area contributed by atoms with Crippen molar-refractivity contribution in [2.45, 2.75) is 26.2 Å². The normalized spacial score (nSPS) is 10.3. The van der Waals surface area contributed by atoms with Crippen LogP contribution in [-0.4, -0.2) is 24.7 Å². The molecule has 2 rings (SSSR count). The molecule has 0 unspecified atom stereocenters. The number of carbonyl (C=O) groups excluding carboxylic acids is 1. The fraction of sp³-hybridized carbons (Fsp3) is 0.300. The molecule has 5 heteroatoms. The molecule has 0 fully saturated rings. The van der Waals surface area contributed by atoms with Gasteiger partial charge in [-0.15, -0.1) is 0 Å². The van der Waals surface area contributed by atoms with Gasteiger partial charge < -0.3 is 10.1 Å². The van der Waals surface area contributed by atoms with Gasteiger partial charge in [0, 0.05) is 25.0 Å². The van der Waals surface area contributed by atoms with E-state index in [1.165, 1.54) is 5.56 Å². The summed E-state index contributed by atoms with van der Waals surface area (Å²) in [4.78, 5) is 12.5. The van der Waals surface area contributed by atoms with Crippen LogP contribution < -0.4 is 10.6 Å². The Morgan fingerprint density at radius 1 is 1.08 bits per heavy atom. The highest BCUT2D eigenvalue weighted by molar-refractivity contribution is 7.80. The highest BCUT2D eigenvalue weighted by Crippen LogP contribution is 2.13. The number of thiocarbonyl (C=S) groups is 1. The molecule has 0 radical (unpaired) electrons. The molecule has 0 spiro atoms. The zero-order valence-corrected chi connectivity index (χ0v) is 15.5. The van der Waals surface area contributed by atoms with Crippen LogP contribution in [0.25, 0.3) is 0 Å². The monoisotopic (exact) mass is 356 g/mol. The predicted octanol–water partition coefficient (Wildman–Crippen LogP) is 4.09. The van der Waals surface area contributed by atoms with Gasteiger partial charge in [0.15, 0.2) is 5.11 Å². The van der Waals surface area contributed by atoms with Gasteiger partial charge in [-0.05, 0) is 62.2 Å². The predicted molar refractivity (Wildman–Crippen MR) is 106 cm³/mol. The van der Waals surface area contributed by atoms with Gasteiger partial charge >= 0.3 is 0 Å². The maximum Gasteiger partial charge on any atom is 0.257 e. The quantitative estimate of drug-likeness (QED) is 0.579. The zero-order valence-electron chi connectivity index (χ0n) is 14.7. The summed E-state index contributed by atoms with van der Waals surface area (Å²) < 4.78 is 5.07. The summed E-state index contributed by atoms with van der Waals surface area (Å²) in [5, 5.41) is 6.08. The van der Waals surface area contributed by atoms with E-state index in [1.54, 1.807) is 7.11 Å². The van der Waals surface area contributed by atoms with E-state index in [0.29, 0.717) is 10.7 Å². The molecule has 0 aliphatic rings. The number of aryl methyl sites for hydroxylation is 2. The summed E-state index contributed by atoms with van der Waals surface area (Å²) in [6.07, 6.45) is 2.79. The van der Waals surface area contributed by atoms with Crippen molar-refractivity contribution in [1.82, 2.24) is 5.32 Å². The number of methoxy groups -OCH3 is 1. The summed E-state index contributed by atoms with van der Waals surface area (Å²) in [5.74, 6) is -0.188. The maximum atomic E-state index is 12.5. The molecule has 1 amide bonds. The summed E-state index contributed by atoms with van der Waals surface area (Å²) in [6, 6.07) is 15.5. The molecule has 2 aromatic carbocycles. The number of rotatable bonds is 7. The van der Waals surface area contributed by atoms with Crippen LogP contribution in [0.3, 0.4) is 0 Å². The van der Waals surface area contributed by atoms with Crippen LogP contribution in [0.5, 0.6) is 0 Å². The van der Waals surface area contributed by atoms with Gasteiger partial charge in [0.1, 0.15) is 0 Å². The summed E-state index contributed by atoms with van der Waals surface area (Å²) in [7, 11) is 1.70. The molecule has 0 bridgehead atoms. The summed E-state index contributed by atoms with van der Waals surface area (Å²) in [6.45, 7) is 2.76. The minimum atomic E-state index is -0.188. The molecule has 0 saturated heterocycles. The fourth-order valence-electron chi connectivity index (χ4n) is 2.49. The minimum absolute atomic E-state index is 0.188. The van der Waals surface area contributed by atoms with Crippen LogP contribution in [0.1, 0.15) is 34.3 Å². The van der Waals surface area contributed by atoms with E-state index in [2.05, 4.69) is 10.6 Å². The lowest BCUT2D eigenvalue weighted by Crippen LogP contribution is -2.34. The summed E-state index contributed by atoms with van der Waals surface area (Å²) >= 11 is 5.25. The van der Waals surface area contributed by atoms with Crippen molar-refractivity contribution in [3.05, 3.63) is 65.2 Å². The average molecular weight is 356 g/mol.